The van der Waals surface area contributed by atoms with Gasteiger partial charge in [0, 0.05) is 0 Å². The van der Waals surface area contributed by atoms with Gasteiger partial charge in [-0.15, -0.1) is 0 Å². The van der Waals surface area contributed by atoms with Crippen LogP contribution < -0.4 is 0 Å². The zero-order valence-corrected chi connectivity index (χ0v) is 62.9. The average molecular weight is 1450 g/mol. The van der Waals surface area contributed by atoms with Crippen LogP contribution in [-0.2, 0) is 21.7 Å². The van der Waals surface area contributed by atoms with Gasteiger partial charge in [0.15, 0.2) is 0 Å². The maximum Gasteiger partial charge on any atom is 0.0622 e. The fraction of sp³-hybridized carbons (Fsp3) is 0.0351. The van der Waals surface area contributed by atoms with Gasteiger partial charge in [0.05, 0.1) is 21.7 Å². The molecule has 21 aromatic rings. The van der Waals surface area contributed by atoms with Crippen molar-refractivity contribution in [2.24, 2.45) is 0 Å². The Bertz CT molecular complexity index is 7160. The molecule has 2 unspecified atom stereocenters. The Kier molecular flexibility index (Phi) is 15.6. The van der Waals surface area contributed by atoms with Gasteiger partial charge in [-0.2, -0.15) is 0 Å². The van der Waals surface area contributed by atoms with E-state index in [4.69, 9.17) is 0 Å². The maximum atomic E-state index is 2.61. The molecule has 0 saturated heterocycles. The third-order valence-electron chi connectivity index (χ3n) is 25.8. The summed E-state index contributed by atoms with van der Waals surface area (Å²) in [7, 11) is 0. The topological polar surface area (TPSA) is 0 Å². The molecule has 0 heteroatoms. The smallest absolute Gasteiger partial charge is 0.0622 e. The Hall–Kier alpha value is -14.3. The molecule has 0 heterocycles. The molecular weight excluding hydrogens is 1370 g/mol. The molecule has 0 saturated carbocycles. The molecular formula is C114H76. The highest BCUT2D eigenvalue weighted by molar-refractivity contribution is 6.17. The first-order valence-electron chi connectivity index (χ1n) is 40.0. The van der Waals surface area contributed by atoms with Gasteiger partial charge in [-0.25, -0.2) is 0 Å². The van der Waals surface area contributed by atoms with E-state index in [1.165, 1.54) is 27.8 Å². The minimum Gasteiger partial charge on any atom is -0.0622 e. The summed E-state index contributed by atoms with van der Waals surface area (Å²) in [5.74, 6) is 0. The van der Waals surface area contributed by atoms with E-state index in [2.05, 4.69) is 461 Å². The van der Waals surface area contributed by atoms with Crippen LogP contribution in [0.3, 0.4) is 0 Å². The van der Waals surface area contributed by atoms with Crippen molar-refractivity contribution in [3.63, 3.8) is 0 Å². The fourth-order valence-corrected chi connectivity index (χ4v) is 22.0. The predicted octanol–water partition coefficient (Wildman–Crippen LogP) is 29.2. The van der Waals surface area contributed by atoms with Gasteiger partial charge in [-0.05, 0) is 186 Å². The molecule has 0 aliphatic heterocycles. The lowest BCUT2D eigenvalue weighted by Crippen LogP contribution is -2.75. The summed E-state index contributed by atoms with van der Waals surface area (Å²) in [5, 5.41) is 18.3. The number of hydrogen-bond donors (Lipinski definition) is 0. The van der Waals surface area contributed by atoms with Crippen LogP contribution in [0, 0.1) is 0 Å². The zero-order chi connectivity index (χ0) is 75.4. The molecule has 0 radical (unpaired) electrons. The Morgan fingerprint density at radius 2 is 0.368 bits per heavy atom. The third-order valence-corrected chi connectivity index (χ3v) is 25.8. The van der Waals surface area contributed by atoms with Crippen LogP contribution in [0.1, 0.15) is 55.6 Å². The molecule has 0 spiro atoms. The fourth-order valence-electron chi connectivity index (χ4n) is 22.0. The normalized spacial score (nSPS) is 15.8. The molecule has 1 aliphatic rings. The van der Waals surface area contributed by atoms with Crippen LogP contribution in [0.5, 0.6) is 0 Å². The van der Waals surface area contributed by atoms with E-state index in [9.17, 15) is 0 Å². The first-order chi connectivity index (χ1) is 56.6. The van der Waals surface area contributed by atoms with Gasteiger partial charge >= 0.3 is 0 Å². The summed E-state index contributed by atoms with van der Waals surface area (Å²) in [5.41, 5.74) is 14.5. The summed E-state index contributed by atoms with van der Waals surface area (Å²) in [6.07, 6.45) is 0. The van der Waals surface area contributed by atoms with E-state index in [1.807, 2.05) is 0 Å². The molecule has 2 atom stereocenters. The second-order valence-corrected chi connectivity index (χ2v) is 30.9. The second-order valence-electron chi connectivity index (χ2n) is 30.9. The molecule has 532 valence electrons. The van der Waals surface area contributed by atoms with E-state index >= 15 is 0 Å². The van der Waals surface area contributed by atoms with E-state index in [1.54, 1.807) is 0 Å². The van der Waals surface area contributed by atoms with Gasteiger partial charge in [-0.3, -0.25) is 0 Å². The van der Waals surface area contributed by atoms with Crippen molar-refractivity contribution in [1.29, 1.82) is 0 Å². The highest BCUT2D eigenvalue weighted by Gasteiger charge is 2.80. The van der Waals surface area contributed by atoms with Gasteiger partial charge in [0.1, 0.15) is 0 Å². The van der Waals surface area contributed by atoms with Crippen LogP contribution in [0.4, 0.5) is 0 Å². The van der Waals surface area contributed by atoms with Crippen LogP contribution >= 0.6 is 0 Å². The van der Waals surface area contributed by atoms with Crippen LogP contribution in [0.15, 0.2) is 461 Å². The highest BCUT2D eigenvalue weighted by Crippen LogP contribution is 2.82. The third kappa shape index (κ3) is 9.34. The lowest BCUT2D eigenvalue weighted by Gasteiger charge is -2.73. The summed E-state index contributed by atoms with van der Waals surface area (Å²) >= 11 is 0. The molecule has 0 bridgehead atoms. The van der Waals surface area contributed by atoms with E-state index in [0.29, 0.717) is 0 Å². The van der Waals surface area contributed by atoms with Crippen molar-refractivity contribution in [2.45, 2.75) is 21.7 Å². The standard InChI is InChI=1S/C114H76/c1-5-45-85(46-6-1)105-106(86-47-7-2-8-48-86)109-110(108(98-70-30-50-78-38-14-22-62-90(78)98)107(105)97-69-29-49-77-37-13-21-61-89(77)97)112(100-72-32-52-80-40-16-24-64-92(80)100,101-73-33-53-81-41-17-25-65-93(81)101)113(88-59-11-4-12-60-88,102-74-34-54-82-42-18-26-66-94(82)102)114(103-75-35-55-83-43-19-27-67-95(83)103,104-76-36-56-84-44-20-28-68-96(84)104)111(109,87-57-9-3-10-58-87)99-71-31-51-79-39-15-23-63-91(79)99/h1-76H. The summed E-state index contributed by atoms with van der Waals surface area (Å²) < 4.78 is 0. The van der Waals surface area contributed by atoms with Crippen LogP contribution in [0.2, 0.25) is 0 Å². The highest BCUT2D eigenvalue weighted by atomic mass is 14.8. The summed E-state index contributed by atoms with van der Waals surface area (Å²) in [6.45, 7) is 0. The molecule has 0 aromatic heterocycles. The molecule has 21 aromatic carbocycles. The Morgan fingerprint density at radius 1 is 0.132 bits per heavy atom. The van der Waals surface area contributed by atoms with E-state index in [-0.39, 0.29) is 0 Å². The SMILES string of the molecule is c1ccc(-c2c(-c3cccc4ccccc34)c(-c3cccc4ccccc34)c3c(c2-c2ccccc2)C(c2ccccc2)(c2cccc4ccccc24)C(c2cccc4ccccc24)(c2cccc4ccccc24)C(c2ccccc2)(c2cccc4ccccc24)C3(c2cccc3ccccc23)c2cccc3ccccc23)cc1. The molecule has 1 aliphatic carbocycles. The lowest BCUT2D eigenvalue weighted by atomic mass is 9.26. The molecule has 0 N–H and O–H groups in total. The maximum absolute atomic E-state index is 2.61. The number of fused-ring (bicyclic) bond motifs is 9. The molecule has 114 heavy (non-hydrogen) atoms. The van der Waals surface area contributed by atoms with Gasteiger partial charge in [0.25, 0.3) is 0 Å². The molecule has 0 fully saturated rings. The Balaban J connectivity index is 1.26. The molecule has 0 amide bonds. The Labute approximate surface area is 664 Å². The summed E-state index contributed by atoms with van der Waals surface area (Å²) in [6, 6.07) is 181. The minimum atomic E-state index is -1.54. The first kappa shape index (κ1) is 66.7. The largest absolute Gasteiger partial charge is 0.0622 e. The predicted molar refractivity (Wildman–Crippen MR) is 481 cm³/mol. The van der Waals surface area contributed by atoms with Crippen molar-refractivity contribution < 1.29 is 0 Å². The van der Waals surface area contributed by atoms with Crippen LogP contribution in [-0.4, -0.2) is 0 Å². The summed E-state index contributed by atoms with van der Waals surface area (Å²) in [4.78, 5) is 0. The van der Waals surface area contributed by atoms with Gasteiger partial charge < -0.3 is 0 Å². The van der Waals surface area contributed by atoms with Crippen LogP contribution in [0.25, 0.3) is 131 Å². The van der Waals surface area contributed by atoms with Crippen molar-refractivity contribution in [2.75, 3.05) is 0 Å². The number of hydrogen-bond acceptors (Lipinski definition) is 0. The lowest BCUT2D eigenvalue weighted by molar-refractivity contribution is 0.146. The second kappa shape index (κ2) is 26.7. The first-order valence-corrected chi connectivity index (χ1v) is 40.0. The Morgan fingerprint density at radius 3 is 0.737 bits per heavy atom. The quantitative estimate of drug-likeness (QED) is 0.114. The zero-order valence-electron chi connectivity index (χ0n) is 62.9. The van der Waals surface area contributed by atoms with Crippen molar-refractivity contribution in [1.82, 2.24) is 0 Å². The van der Waals surface area contributed by atoms with Gasteiger partial charge in [0.2, 0.25) is 0 Å². The van der Waals surface area contributed by atoms with Crippen molar-refractivity contribution in [3.8, 4) is 44.5 Å². The minimum absolute atomic E-state index is 1.09. The molecule has 0 nitrogen and oxygen atoms in total. The van der Waals surface area contributed by atoms with Gasteiger partial charge in [-0.1, -0.05) is 461 Å². The number of rotatable bonds is 12. The van der Waals surface area contributed by atoms with E-state index in [0.717, 1.165) is 159 Å². The average Bonchev–Trinajstić information content (AvgIpc) is 0.609. The monoisotopic (exact) mass is 1440 g/mol. The van der Waals surface area contributed by atoms with Crippen molar-refractivity contribution in [3.05, 3.63) is 517 Å². The number of benzene rings is 21. The molecule has 22 rings (SSSR count). The van der Waals surface area contributed by atoms with E-state index < -0.39 is 21.7 Å². The van der Waals surface area contributed by atoms with Crippen molar-refractivity contribution >= 4 is 86.2 Å².